The van der Waals surface area contributed by atoms with Crippen LogP contribution in [0.4, 0.5) is 0 Å². The Balaban J connectivity index is 1.56. The monoisotopic (exact) mass is 532 g/mol. The van der Waals surface area contributed by atoms with Crippen LogP contribution in [0.2, 0.25) is 0 Å². The van der Waals surface area contributed by atoms with Crippen molar-refractivity contribution in [2.75, 3.05) is 33.5 Å². The lowest BCUT2D eigenvalue weighted by molar-refractivity contribution is -0.152. The van der Waals surface area contributed by atoms with Crippen molar-refractivity contribution in [3.05, 3.63) is 35.9 Å². The highest BCUT2D eigenvalue weighted by atomic mass is 16.5. The van der Waals surface area contributed by atoms with Gasteiger partial charge in [0.25, 0.3) is 0 Å². The number of ether oxygens (including phenoxy) is 5. The Morgan fingerprint density at radius 1 is 0.868 bits per heavy atom. The molecule has 0 radical (unpaired) electrons. The highest BCUT2D eigenvalue weighted by molar-refractivity contribution is 5.87. The maximum atomic E-state index is 12.5. The molecule has 1 aromatic rings. The lowest BCUT2D eigenvalue weighted by Crippen LogP contribution is -2.29. The van der Waals surface area contributed by atoms with E-state index in [4.69, 9.17) is 18.9 Å². The number of esters is 4. The van der Waals surface area contributed by atoms with E-state index in [-0.39, 0.29) is 42.3 Å². The minimum Gasteiger partial charge on any atom is -0.466 e. The molecule has 0 amide bonds. The molecule has 1 saturated carbocycles. The number of rotatable bonds is 15. The fourth-order valence-electron chi connectivity index (χ4n) is 3.84. The summed E-state index contributed by atoms with van der Waals surface area (Å²) in [5.41, 5.74) is 0.778. The molecular weight excluding hydrogens is 492 g/mol. The van der Waals surface area contributed by atoms with Crippen molar-refractivity contribution >= 4 is 30.0 Å². The molecule has 0 aromatic heterocycles. The Hall–Kier alpha value is -3.20. The van der Waals surface area contributed by atoms with Crippen molar-refractivity contribution in [3.8, 4) is 5.75 Å². The Morgan fingerprint density at radius 2 is 1.45 bits per heavy atom. The molecule has 38 heavy (non-hydrogen) atoms. The summed E-state index contributed by atoms with van der Waals surface area (Å²) < 4.78 is 26.1. The van der Waals surface area contributed by atoms with Gasteiger partial charge < -0.3 is 23.7 Å². The molecule has 9 heteroatoms. The van der Waals surface area contributed by atoms with E-state index in [1.54, 1.807) is 30.3 Å². The molecular formula is C29H40O9. The van der Waals surface area contributed by atoms with Gasteiger partial charge in [0.15, 0.2) is 0 Å². The first-order chi connectivity index (χ1) is 18.3. The van der Waals surface area contributed by atoms with Crippen molar-refractivity contribution < 1.29 is 42.9 Å². The van der Waals surface area contributed by atoms with Gasteiger partial charge in [-0.2, -0.15) is 0 Å². The normalized spacial score (nSPS) is 18.0. The topological polar surface area (TPSA) is 114 Å². The van der Waals surface area contributed by atoms with Crippen molar-refractivity contribution in [1.29, 1.82) is 0 Å². The van der Waals surface area contributed by atoms with Crippen LogP contribution < -0.4 is 4.74 Å². The van der Waals surface area contributed by atoms with Gasteiger partial charge in [0.05, 0.1) is 38.1 Å². The molecule has 210 valence electrons. The van der Waals surface area contributed by atoms with Crippen LogP contribution in [-0.4, -0.2) is 57.4 Å². The van der Waals surface area contributed by atoms with Gasteiger partial charge >= 0.3 is 23.9 Å². The highest BCUT2D eigenvalue weighted by Crippen LogP contribution is 2.31. The quantitative estimate of drug-likeness (QED) is 0.106. The SMILES string of the molecule is CCC(C)C(=O)OCCCOCCCOC(=O)C1CCC(C(=O)Oc2ccc(/C=C/C(=O)OC)cc2)CC1. The third kappa shape index (κ3) is 11.5. The van der Waals surface area contributed by atoms with Gasteiger partial charge in [-0.05, 0) is 55.9 Å². The van der Waals surface area contributed by atoms with E-state index >= 15 is 0 Å². The second-order valence-electron chi connectivity index (χ2n) is 9.36. The zero-order valence-electron chi connectivity index (χ0n) is 22.6. The van der Waals surface area contributed by atoms with Crippen molar-refractivity contribution in [2.45, 2.75) is 58.8 Å². The molecule has 1 aliphatic rings. The highest BCUT2D eigenvalue weighted by Gasteiger charge is 2.31. The molecule has 2 rings (SSSR count). The van der Waals surface area contributed by atoms with Crippen LogP contribution in [0.5, 0.6) is 5.75 Å². The first-order valence-corrected chi connectivity index (χ1v) is 13.3. The van der Waals surface area contributed by atoms with E-state index in [2.05, 4.69) is 4.74 Å². The minimum absolute atomic E-state index is 0.0807. The average Bonchev–Trinajstić information content (AvgIpc) is 2.94. The zero-order valence-corrected chi connectivity index (χ0v) is 22.6. The molecule has 1 aromatic carbocycles. The Labute approximate surface area is 224 Å². The fourth-order valence-corrected chi connectivity index (χ4v) is 3.84. The molecule has 0 saturated heterocycles. The Kier molecular flexibility index (Phi) is 14.2. The number of benzene rings is 1. The molecule has 0 N–H and O–H groups in total. The van der Waals surface area contributed by atoms with E-state index < -0.39 is 5.97 Å². The van der Waals surface area contributed by atoms with Crippen LogP contribution in [0.3, 0.4) is 0 Å². The second kappa shape index (κ2) is 17.3. The largest absolute Gasteiger partial charge is 0.466 e. The van der Waals surface area contributed by atoms with E-state index in [0.717, 1.165) is 12.0 Å². The molecule has 1 fully saturated rings. The molecule has 1 unspecified atom stereocenters. The third-order valence-electron chi connectivity index (χ3n) is 6.47. The summed E-state index contributed by atoms with van der Waals surface area (Å²) in [6.45, 7) is 5.37. The molecule has 1 atom stereocenters. The molecule has 0 aliphatic heterocycles. The second-order valence-corrected chi connectivity index (χ2v) is 9.36. The van der Waals surface area contributed by atoms with Crippen LogP contribution >= 0.6 is 0 Å². The first-order valence-electron chi connectivity index (χ1n) is 13.3. The van der Waals surface area contributed by atoms with Crippen LogP contribution in [0.1, 0.15) is 64.4 Å². The number of carbonyl (C=O) groups excluding carboxylic acids is 4. The van der Waals surface area contributed by atoms with Crippen LogP contribution in [0.15, 0.2) is 30.3 Å². The summed E-state index contributed by atoms with van der Waals surface area (Å²) in [5.74, 6) is -1.27. The van der Waals surface area contributed by atoms with E-state index in [0.29, 0.717) is 64.1 Å². The summed E-state index contributed by atoms with van der Waals surface area (Å²) in [6, 6.07) is 6.83. The molecule has 0 spiro atoms. The first kappa shape index (κ1) is 31.0. The maximum Gasteiger partial charge on any atom is 0.330 e. The van der Waals surface area contributed by atoms with Crippen molar-refractivity contribution in [2.24, 2.45) is 17.8 Å². The molecule has 0 bridgehead atoms. The Bertz CT molecular complexity index is 914. The van der Waals surface area contributed by atoms with Gasteiger partial charge in [0.1, 0.15) is 5.75 Å². The predicted molar refractivity (Wildman–Crippen MR) is 140 cm³/mol. The summed E-state index contributed by atoms with van der Waals surface area (Å²) >= 11 is 0. The number of methoxy groups -OCH3 is 1. The minimum atomic E-state index is -0.445. The smallest absolute Gasteiger partial charge is 0.330 e. The van der Waals surface area contributed by atoms with Gasteiger partial charge in [-0.1, -0.05) is 26.0 Å². The van der Waals surface area contributed by atoms with Gasteiger partial charge in [-0.15, -0.1) is 0 Å². The van der Waals surface area contributed by atoms with Gasteiger partial charge in [-0.3, -0.25) is 14.4 Å². The summed E-state index contributed by atoms with van der Waals surface area (Å²) in [5, 5.41) is 0. The maximum absolute atomic E-state index is 12.5. The number of hydrogen-bond donors (Lipinski definition) is 0. The summed E-state index contributed by atoms with van der Waals surface area (Å²) in [4.78, 5) is 47.7. The summed E-state index contributed by atoms with van der Waals surface area (Å²) in [7, 11) is 1.31. The Morgan fingerprint density at radius 3 is 2.03 bits per heavy atom. The van der Waals surface area contributed by atoms with Crippen LogP contribution in [0, 0.1) is 17.8 Å². The van der Waals surface area contributed by atoms with Gasteiger partial charge in [-0.25, -0.2) is 4.79 Å². The lowest BCUT2D eigenvalue weighted by Gasteiger charge is -2.25. The van der Waals surface area contributed by atoms with Crippen molar-refractivity contribution in [3.63, 3.8) is 0 Å². The molecule has 9 nitrogen and oxygen atoms in total. The van der Waals surface area contributed by atoms with Crippen molar-refractivity contribution in [1.82, 2.24) is 0 Å². The average molecular weight is 533 g/mol. The van der Waals surface area contributed by atoms with E-state index in [1.807, 2.05) is 13.8 Å². The zero-order chi connectivity index (χ0) is 27.8. The van der Waals surface area contributed by atoms with Gasteiger partial charge in [0.2, 0.25) is 0 Å². The van der Waals surface area contributed by atoms with E-state index in [1.165, 1.54) is 13.2 Å². The van der Waals surface area contributed by atoms with E-state index in [9.17, 15) is 19.2 Å². The standard InChI is InChI=1S/C29H40O9/c1-4-21(2)27(31)36-19-5-17-35-18-6-20-37-28(32)23-10-12-24(13-11-23)29(33)38-25-14-7-22(8-15-25)9-16-26(30)34-3/h7-9,14-16,21,23-24H,4-6,10-13,17-20H2,1-3H3/b16-9+. The van der Waals surface area contributed by atoms with Crippen LogP contribution in [0.25, 0.3) is 6.08 Å². The summed E-state index contributed by atoms with van der Waals surface area (Å²) in [6.07, 6.45) is 7.23. The lowest BCUT2D eigenvalue weighted by atomic mass is 9.82. The third-order valence-corrected chi connectivity index (χ3v) is 6.47. The molecule has 1 aliphatic carbocycles. The van der Waals surface area contributed by atoms with Crippen LogP contribution in [-0.2, 0) is 38.1 Å². The number of hydrogen-bond acceptors (Lipinski definition) is 9. The van der Waals surface area contributed by atoms with Gasteiger partial charge in [0, 0.05) is 32.1 Å². The molecule has 0 heterocycles. The number of carbonyl (C=O) groups is 4. The predicted octanol–water partition coefficient (Wildman–Crippen LogP) is 4.51. The fraction of sp³-hybridized carbons (Fsp3) is 0.586.